The highest BCUT2D eigenvalue weighted by molar-refractivity contribution is 6.60. The molecule has 0 aromatic heterocycles. The number of hydrogen-bond donors (Lipinski definition) is 0. The van der Waals surface area contributed by atoms with E-state index in [2.05, 4.69) is 0 Å². The molecule has 0 N–H and O–H groups in total. The van der Waals surface area contributed by atoms with Gasteiger partial charge in [0.1, 0.15) is 0 Å². The summed E-state index contributed by atoms with van der Waals surface area (Å²) in [7, 11) is 0. The molecule has 42 heavy (non-hydrogen) atoms. The molecular formula is C36H28Cl2O4. The zero-order valence-corrected chi connectivity index (χ0v) is 25.1. The topological polar surface area (TPSA) is 68.3 Å². The van der Waals surface area contributed by atoms with Crippen molar-refractivity contribution >= 4 is 67.5 Å². The fourth-order valence-electron chi connectivity index (χ4n) is 4.50. The number of benzene rings is 4. The molecule has 6 heteroatoms. The molecule has 4 rings (SSSR count). The van der Waals surface area contributed by atoms with Crippen LogP contribution in [0.5, 0.6) is 0 Å². The van der Waals surface area contributed by atoms with Gasteiger partial charge in [0.2, 0.25) is 0 Å². The summed E-state index contributed by atoms with van der Waals surface area (Å²) >= 11 is 14.4. The average Bonchev–Trinajstić information content (AvgIpc) is 2.99. The highest BCUT2D eigenvalue weighted by Gasteiger charge is 2.22. The maximum absolute atomic E-state index is 12.0. The molecule has 0 saturated carbocycles. The largest absolute Gasteiger partial charge is 0.295 e. The average molecular weight is 596 g/mol. The number of Topliss-reactive ketones (excluding diaryl/α,β-unsaturated/α-hetero) is 4. The molecule has 0 aliphatic rings. The quantitative estimate of drug-likeness (QED) is 0.110. The van der Waals surface area contributed by atoms with Crippen LogP contribution in [0.15, 0.2) is 97.1 Å². The fourth-order valence-corrected chi connectivity index (χ4v) is 5.16. The minimum Gasteiger partial charge on any atom is -0.295 e. The molecule has 0 unspecified atom stereocenters. The van der Waals surface area contributed by atoms with Crippen molar-refractivity contribution in [2.75, 3.05) is 0 Å². The molecule has 0 heterocycles. The monoisotopic (exact) mass is 594 g/mol. The van der Waals surface area contributed by atoms with Crippen LogP contribution in [0, 0.1) is 0 Å². The summed E-state index contributed by atoms with van der Waals surface area (Å²) in [5.41, 5.74) is 6.06. The second kappa shape index (κ2) is 13.1. The van der Waals surface area contributed by atoms with Gasteiger partial charge in [0.05, 0.1) is 10.1 Å². The molecule has 0 spiro atoms. The smallest absolute Gasteiger partial charge is 0.159 e. The van der Waals surface area contributed by atoms with Crippen molar-refractivity contribution in [3.8, 4) is 0 Å². The molecule has 0 aliphatic heterocycles. The Bertz CT molecular complexity index is 1610. The highest BCUT2D eigenvalue weighted by atomic mass is 35.5. The predicted molar refractivity (Wildman–Crippen MR) is 171 cm³/mol. The van der Waals surface area contributed by atoms with E-state index in [-0.39, 0.29) is 23.1 Å². The van der Waals surface area contributed by atoms with E-state index in [0.717, 1.165) is 0 Å². The molecule has 0 amide bonds. The first-order valence-electron chi connectivity index (χ1n) is 13.2. The van der Waals surface area contributed by atoms with Crippen LogP contribution in [-0.2, 0) is 0 Å². The summed E-state index contributed by atoms with van der Waals surface area (Å²) in [5.74, 6) is -0.274. The van der Waals surface area contributed by atoms with Crippen LogP contribution < -0.4 is 0 Å². The number of halogens is 2. The lowest BCUT2D eigenvalue weighted by Crippen LogP contribution is -2.00. The Morgan fingerprint density at radius 2 is 0.500 bits per heavy atom. The lowest BCUT2D eigenvalue weighted by Gasteiger charge is -2.20. The van der Waals surface area contributed by atoms with E-state index in [1.807, 2.05) is 24.3 Å². The van der Waals surface area contributed by atoms with Gasteiger partial charge in [-0.3, -0.25) is 19.2 Å². The zero-order chi connectivity index (χ0) is 30.6. The predicted octanol–water partition coefficient (Wildman–Crippen LogP) is 9.41. The Labute approximate surface area is 255 Å². The van der Waals surface area contributed by atoms with E-state index in [4.69, 9.17) is 23.2 Å². The first-order chi connectivity index (χ1) is 20.0. The van der Waals surface area contributed by atoms with Crippen LogP contribution >= 0.6 is 23.2 Å². The Hall–Kier alpha value is -4.38. The first kappa shape index (κ1) is 30.6. The molecule has 0 bridgehead atoms. The van der Waals surface area contributed by atoms with Crippen molar-refractivity contribution < 1.29 is 19.2 Å². The Kier molecular flexibility index (Phi) is 9.52. The number of carbonyl (C=O) groups is 4. The van der Waals surface area contributed by atoms with Gasteiger partial charge in [-0.15, -0.1) is 0 Å². The maximum atomic E-state index is 12.0. The van der Waals surface area contributed by atoms with Gasteiger partial charge >= 0.3 is 0 Å². The third-order valence-electron chi connectivity index (χ3n) is 6.94. The van der Waals surface area contributed by atoms with E-state index in [1.165, 1.54) is 27.7 Å². The van der Waals surface area contributed by atoms with Crippen molar-refractivity contribution in [3.05, 3.63) is 142 Å². The second-order valence-electron chi connectivity index (χ2n) is 9.91. The number of carbonyl (C=O) groups excluding carboxylic acids is 4. The molecule has 4 aromatic rings. The van der Waals surface area contributed by atoms with Crippen molar-refractivity contribution in [3.63, 3.8) is 0 Å². The number of ketones is 4. The lowest BCUT2D eigenvalue weighted by molar-refractivity contribution is 0.100. The van der Waals surface area contributed by atoms with E-state index >= 15 is 0 Å². The third-order valence-corrected chi connectivity index (χ3v) is 7.75. The molecule has 0 saturated heterocycles. The molecule has 4 nitrogen and oxygen atoms in total. The zero-order valence-electron chi connectivity index (χ0n) is 23.6. The molecular weight excluding hydrogens is 567 g/mol. The standard InChI is InChI=1S/C36H28Cl2O4/c1-21(39)25-5-13-29(14-6-25)33(35(37)31-17-9-27(10-18-31)23(3)41)34(30-15-7-26(8-16-30)22(2)40)36(38)32-19-11-28(12-20-32)24(4)42/h5-20H,1-4H3/b35-33+,36-34?. The third kappa shape index (κ3) is 6.73. The van der Waals surface area contributed by atoms with Gasteiger partial charge < -0.3 is 0 Å². The summed E-state index contributed by atoms with van der Waals surface area (Å²) in [6.07, 6.45) is 0. The first-order valence-corrected chi connectivity index (χ1v) is 14.0. The van der Waals surface area contributed by atoms with Gasteiger partial charge in [-0.05, 0) is 49.9 Å². The van der Waals surface area contributed by atoms with Gasteiger partial charge in [-0.1, -0.05) is 120 Å². The van der Waals surface area contributed by atoms with Gasteiger partial charge in [0.25, 0.3) is 0 Å². The fraction of sp³-hybridized carbons (Fsp3) is 0.111. The minimum absolute atomic E-state index is 0.0649. The van der Waals surface area contributed by atoms with Crippen LogP contribution in [0.2, 0.25) is 0 Å². The van der Waals surface area contributed by atoms with E-state index in [9.17, 15) is 19.2 Å². The summed E-state index contributed by atoms with van der Waals surface area (Å²) in [4.78, 5) is 47.9. The Balaban J connectivity index is 2.07. The summed E-state index contributed by atoms with van der Waals surface area (Å²) < 4.78 is 0. The van der Waals surface area contributed by atoms with E-state index < -0.39 is 0 Å². The van der Waals surface area contributed by atoms with Gasteiger partial charge in [0, 0.05) is 33.4 Å². The lowest BCUT2D eigenvalue weighted by atomic mass is 9.87. The number of rotatable bonds is 9. The summed E-state index contributed by atoms with van der Waals surface area (Å²) in [6.45, 7) is 5.99. The summed E-state index contributed by atoms with van der Waals surface area (Å²) in [6, 6.07) is 28.1. The van der Waals surface area contributed by atoms with Crippen molar-refractivity contribution in [2.24, 2.45) is 0 Å². The van der Waals surface area contributed by atoms with E-state index in [0.29, 0.717) is 65.7 Å². The molecule has 0 radical (unpaired) electrons. The second-order valence-corrected chi connectivity index (χ2v) is 10.7. The SMILES string of the molecule is CC(=O)c1ccc(C(Cl)=C(/C(=C(/Cl)c2ccc(C(C)=O)cc2)c2ccc(C(C)=O)cc2)c2ccc(C(C)=O)cc2)cc1. The van der Waals surface area contributed by atoms with E-state index in [1.54, 1.807) is 72.8 Å². The summed E-state index contributed by atoms with van der Waals surface area (Å²) in [5, 5.41) is 0.731. The highest BCUT2D eigenvalue weighted by Crippen LogP contribution is 2.45. The van der Waals surface area contributed by atoms with Crippen LogP contribution in [0.1, 0.15) is 91.4 Å². The number of allylic oxidation sites excluding steroid dienone is 2. The van der Waals surface area contributed by atoms with Gasteiger partial charge in [0.15, 0.2) is 23.1 Å². The molecule has 4 aromatic carbocycles. The van der Waals surface area contributed by atoms with Crippen LogP contribution in [0.3, 0.4) is 0 Å². The van der Waals surface area contributed by atoms with Crippen LogP contribution in [-0.4, -0.2) is 23.1 Å². The Morgan fingerprint density at radius 1 is 0.333 bits per heavy atom. The molecule has 0 fully saturated rings. The number of hydrogen-bond acceptors (Lipinski definition) is 4. The Morgan fingerprint density at radius 3 is 0.690 bits per heavy atom. The van der Waals surface area contributed by atoms with Crippen molar-refractivity contribution in [1.29, 1.82) is 0 Å². The normalized spacial score (nSPS) is 12.2. The maximum Gasteiger partial charge on any atom is 0.159 e. The van der Waals surface area contributed by atoms with Crippen LogP contribution in [0.25, 0.3) is 21.2 Å². The van der Waals surface area contributed by atoms with Crippen molar-refractivity contribution in [2.45, 2.75) is 27.7 Å². The minimum atomic E-state index is -0.0721. The molecule has 0 atom stereocenters. The van der Waals surface area contributed by atoms with Crippen molar-refractivity contribution in [1.82, 2.24) is 0 Å². The molecule has 210 valence electrons. The molecule has 0 aliphatic carbocycles. The van der Waals surface area contributed by atoms with Gasteiger partial charge in [-0.25, -0.2) is 0 Å². The van der Waals surface area contributed by atoms with Gasteiger partial charge in [-0.2, -0.15) is 0 Å². The van der Waals surface area contributed by atoms with Crippen LogP contribution in [0.4, 0.5) is 0 Å².